The lowest BCUT2D eigenvalue weighted by molar-refractivity contribution is -0.107. The maximum absolute atomic E-state index is 11.0. The molecule has 58 valence electrons. The monoisotopic (exact) mass is 162 g/mol. The fourth-order valence-electron chi connectivity index (χ4n) is 0.806. The van der Waals surface area contributed by atoms with Crippen LogP contribution in [0.1, 0.15) is 19.3 Å². The summed E-state index contributed by atoms with van der Waals surface area (Å²) >= 11 is 0. The predicted molar refractivity (Wildman–Crippen MR) is 37.5 cm³/mol. The van der Waals surface area contributed by atoms with Crippen molar-refractivity contribution in [1.29, 1.82) is 0 Å². The van der Waals surface area contributed by atoms with Crippen LogP contribution in [0.5, 0.6) is 0 Å². The number of aldehydes is 1. The lowest BCUT2D eigenvalue weighted by atomic mass is 10.6. The van der Waals surface area contributed by atoms with Crippen LogP contribution in [0.4, 0.5) is 0 Å². The Morgan fingerprint density at radius 2 is 2.00 bits per heavy atom. The normalized spacial score (nSPS) is 18.8. The van der Waals surface area contributed by atoms with Gasteiger partial charge in [-0.15, -0.1) is 0 Å². The summed E-state index contributed by atoms with van der Waals surface area (Å²) < 4.78 is 22.0. The molecule has 3 nitrogen and oxygen atoms in total. The van der Waals surface area contributed by atoms with Crippen LogP contribution in [0.15, 0.2) is 0 Å². The highest BCUT2D eigenvalue weighted by Gasteiger charge is 2.34. The molecule has 0 amide bonds. The van der Waals surface area contributed by atoms with Gasteiger partial charge < -0.3 is 4.79 Å². The van der Waals surface area contributed by atoms with Gasteiger partial charge in [-0.1, -0.05) is 0 Å². The van der Waals surface area contributed by atoms with Crippen LogP contribution in [0.3, 0.4) is 0 Å². The summed E-state index contributed by atoms with van der Waals surface area (Å²) in [5.74, 6) is 0.0428. The average molecular weight is 162 g/mol. The van der Waals surface area contributed by atoms with Gasteiger partial charge in [0.15, 0.2) is 9.84 Å². The van der Waals surface area contributed by atoms with E-state index in [0.717, 1.165) is 12.8 Å². The van der Waals surface area contributed by atoms with Crippen molar-refractivity contribution in [1.82, 2.24) is 0 Å². The molecule has 0 bridgehead atoms. The van der Waals surface area contributed by atoms with E-state index in [9.17, 15) is 13.2 Å². The Hall–Kier alpha value is -0.380. The van der Waals surface area contributed by atoms with E-state index in [1.165, 1.54) is 0 Å². The Labute approximate surface area is 60.3 Å². The Balaban J connectivity index is 2.43. The first-order valence-electron chi connectivity index (χ1n) is 3.32. The SMILES string of the molecule is O=CCCS(=O)(=O)C1CC1. The standard InChI is InChI=1S/C6H10O3S/c7-4-1-5-10(8,9)6-2-3-6/h4,6H,1-3,5H2. The van der Waals surface area contributed by atoms with Gasteiger partial charge in [0.2, 0.25) is 0 Å². The van der Waals surface area contributed by atoms with E-state index in [2.05, 4.69) is 0 Å². The lowest BCUT2D eigenvalue weighted by Crippen LogP contribution is -2.11. The Bertz CT molecular complexity index is 213. The van der Waals surface area contributed by atoms with Crippen LogP contribution < -0.4 is 0 Å². The lowest BCUT2D eigenvalue weighted by Gasteiger charge is -1.95. The van der Waals surface area contributed by atoms with Gasteiger partial charge in [-0.05, 0) is 12.8 Å². The number of carbonyl (C=O) groups excluding carboxylic acids is 1. The van der Waals surface area contributed by atoms with E-state index in [-0.39, 0.29) is 17.4 Å². The van der Waals surface area contributed by atoms with Crippen molar-refractivity contribution in [3.8, 4) is 0 Å². The number of rotatable bonds is 4. The van der Waals surface area contributed by atoms with Crippen LogP contribution in [0, 0.1) is 0 Å². The molecule has 0 saturated heterocycles. The zero-order valence-electron chi connectivity index (χ0n) is 5.62. The smallest absolute Gasteiger partial charge is 0.153 e. The van der Waals surface area contributed by atoms with Crippen molar-refractivity contribution < 1.29 is 13.2 Å². The van der Waals surface area contributed by atoms with E-state index in [1.54, 1.807) is 0 Å². The second-order valence-electron chi connectivity index (χ2n) is 2.52. The summed E-state index contributed by atoms with van der Waals surface area (Å²) in [5.41, 5.74) is 0. The number of hydrogen-bond donors (Lipinski definition) is 0. The molecular weight excluding hydrogens is 152 g/mol. The largest absolute Gasteiger partial charge is 0.303 e. The molecule has 0 aliphatic heterocycles. The summed E-state index contributed by atoms with van der Waals surface area (Å²) in [7, 11) is -2.88. The minimum atomic E-state index is -2.88. The fourth-order valence-corrected chi connectivity index (χ4v) is 2.42. The highest BCUT2D eigenvalue weighted by molar-refractivity contribution is 7.92. The highest BCUT2D eigenvalue weighted by Crippen LogP contribution is 2.28. The molecule has 0 aromatic heterocycles. The summed E-state index contributed by atoms with van der Waals surface area (Å²) in [4.78, 5) is 9.83. The molecule has 0 spiro atoms. The van der Waals surface area contributed by atoms with Crippen molar-refractivity contribution in [2.45, 2.75) is 24.5 Å². The van der Waals surface area contributed by atoms with E-state index in [4.69, 9.17) is 0 Å². The molecule has 1 aliphatic carbocycles. The second-order valence-corrected chi connectivity index (χ2v) is 4.92. The van der Waals surface area contributed by atoms with Crippen molar-refractivity contribution >= 4 is 16.1 Å². The van der Waals surface area contributed by atoms with Crippen molar-refractivity contribution in [2.24, 2.45) is 0 Å². The maximum Gasteiger partial charge on any atom is 0.153 e. The molecule has 0 atom stereocenters. The number of hydrogen-bond acceptors (Lipinski definition) is 3. The van der Waals surface area contributed by atoms with E-state index in [0.29, 0.717) is 6.29 Å². The Kier molecular flexibility index (Phi) is 2.08. The molecule has 0 aromatic rings. The van der Waals surface area contributed by atoms with Crippen LogP contribution in [0.2, 0.25) is 0 Å². The minimum absolute atomic E-state index is 0.0428. The minimum Gasteiger partial charge on any atom is -0.303 e. The summed E-state index contributed by atoms with van der Waals surface area (Å²) in [6.07, 6.45) is 2.39. The summed E-state index contributed by atoms with van der Waals surface area (Å²) in [6.45, 7) is 0. The quantitative estimate of drug-likeness (QED) is 0.553. The fraction of sp³-hybridized carbons (Fsp3) is 0.833. The van der Waals surface area contributed by atoms with Gasteiger partial charge in [-0.25, -0.2) is 8.42 Å². The molecule has 4 heteroatoms. The third-order valence-corrected chi connectivity index (χ3v) is 3.84. The third kappa shape index (κ3) is 1.80. The van der Waals surface area contributed by atoms with Gasteiger partial charge in [0, 0.05) is 6.42 Å². The molecule has 0 unspecified atom stereocenters. The molecule has 1 aliphatic rings. The zero-order valence-corrected chi connectivity index (χ0v) is 6.43. The summed E-state index contributed by atoms with van der Waals surface area (Å²) in [6, 6.07) is 0. The van der Waals surface area contributed by atoms with Crippen LogP contribution in [-0.2, 0) is 14.6 Å². The van der Waals surface area contributed by atoms with Crippen molar-refractivity contribution in [2.75, 3.05) is 5.75 Å². The third-order valence-electron chi connectivity index (χ3n) is 1.55. The summed E-state index contributed by atoms with van der Waals surface area (Å²) in [5, 5.41) is -0.118. The number of sulfone groups is 1. The molecule has 1 saturated carbocycles. The molecule has 0 aromatic carbocycles. The van der Waals surface area contributed by atoms with Gasteiger partial charge in [-0.3, -0.25) is 0 Å². The van der Waals surface area contributed by atoms with Gasteiger partial charge in [-0.2, -0.15) is 0 Å². The molecule has 1 rings (SSSR count). The Morgan fingerprint density at radius 1 is 1.40 bits per heavy atom. The van der Waals surface area contributed by atoms with Crippen molar-refractivity contribution in [3.05, 3.63) is 0 Å². The van der Waals surface area contributed by atoms with Gasteiger partial charge in [0.05, 0.1) is 11.0 Å². The van der Waals surface area contributed by atoms with Crippen LogP contribution in [0.25, 0.3) is 0 Å². The van der Waals surface area contributed by atoms with Gasteiger partial charge in [0.25, 0.3) is 0 Å². The number of carbonyl (C=O) groups is 1. The Morgan fingerprint density at radius 3 is 2.40 bits per heavy atom. The van der Waals surface area contributed by atoms with Gasteiger partial charge in [0.1, 0.15) is 6.29 Å². The topological polar surface area (TPSA) is 51.2 Å². The zero-order chi connectivity index (χ0) is 7.61. The maximum atomic E-state index is 11.0. The van der Waals surface area contributed by atoms with Crippen LogP contribution in [-0.4, -0.2) is 25.7 Å². The van der Waals surface area contributed by atoms with E-state index in [1.807, 2.05) is 0 Å². The van der Waals surface area contributed by atoms with Crippen LogP contribution >= 0.6 is 0 Å². The predicted octanol–water partition coefficient (Wildman–Crippen LogP) is 0.153. The molecule has 10 heavy (non-hydrogen) atoms. The highest BCUT2D eigenvalue weighted by atomic mass is 32.2. The molecule has 0 radical (unpaired) electrons. The molecule has 1 fully saturated rings. The van der Waals surface area contributed by atoms with E-state index < -0.39 is 9.84 Å². The van der Waals surface area contributed by atoms with Gasteiger partial charge >= 0.3 is 0 Å². The molecule has 0 N–H and O–H groups in total. The van der Waals surface area contributed by atoms with Crippen molar-refractivity contribution in [3.63, 3.8) is 0 Å². The first kappa shape index (κ1) is 7.72. The first-order valence-corrected chi connectivity index (χ1v) is 5.03. The van der Waals surface area contributed by atoms with E-state index >= 15 is 0 Å². The second kappa shape index (κ2) is 2.70. The first-order chi connectivity index (χ1) is 4.67. The average Bonchev–Trinajstić information content (AvgIpc) is 2.64. The molecular formula is C6H10O3S. The molecule has 0 heterocycles.